The Morgan fingerprint density at radius 2 is 1.54 bits per heavy atom. The van der Waals surface area contributed by atoms with Crippen LogP contribution in [0.25, 0.3) is 0 Å². The summed E-state index contributed by atoms with van der Waals surface area (Å²) in [4.78, 5) is 55.7. The highest BCUT2D eigenvalue weighted by Gasteiger charge is 2.74. The second-order valence-corrected chi connectivity index (χ2v) is 9.05. The fourth-order valence-electron chi connectivity index (χ4n) is 4.36. The zero-order chi connectivity index (χ0) is 26.4. The molecule has 1 saturated heterocycles. The summed E-state index contributed by atoms with van der Waals surface area (Å²) in [6.45, 7) is 5.47. The topological polar surface area (TPSA) is 182 Å². The van der Waals surface area contributed by atoms with Gasteiger partial charge in [0.1, 0.15) is 18.0 Å². The van der Waals surface area contributed by atoms with E-state index in [2.05, 4.69) is 4.98 Å². The number of hydrogen-bond donors (Lipinski definition) is 4. The number of nitrogens with two attached hydrogens (primary N) is 1. The first-order valence-corrected chi connectivity index (χ1v) is 12.2. The van der Waals surface area contributed by atoms with Crippen LogP contribution in [0.3, 0.4) is 0 Å². The lowest BCUT2D eigenvalue weighted by atomic mass is 9.70. The van der Waals surface area contributed by atoms with Crippen molar-refractivity contribution in [3.8, 4) is 0 Å². The van der Waals surface area contributed by atoms with Crippen molar-refractivity contribution in [2.24, 2.45) is 0 Å². The largest absolute Gasteiger partial charge is 0.383 e. The maximum atomic E-state index is 13.4. The van der Waals surface area contributed by atoms with Crippen LogP contribution in [-0.2, 0) is 19.1 Å². The van der Waals surface area contributed by atoms with Crippen molar-refractivity contribution in [3.05, 3.63) is 22.7 Å². The van der Waals surface area contributed by atoms with Crippen molar-refractivity contribution in [3.63, 3.8) is 0 Å². The Kier molecular flexibility index (Phi) is 9.85. The molecule has 0 bridgehead atoms. The van der Waals surface area contributed by atoms with Crippen LogP contribution in [-0.4, -0.2) is 65.6 Å². The highest BCUT2D eigenvalue weighted by molar-refractivity contribution is 6.01. The second-order valence-electron chi connectivity index (χ2n) is 9.05. The fraction of sp³-hybridized carbons (Fsp3) is 0.708. The summed E-state index contributed by atoms with van der Waals surface area (Å²) < 4.78 is 6.47. The molecule has 0 aromatic carbocycles. The van der Waals surface area contributed by atoms with Gasteiger partial charge >= 0.3 is 5.69 Å². The van der Waals surface area contributed by atoms with Crippen molar-refractivity contribution < 1.29 is 34.4 Å². The molecule has 0 aliphatic carbocycles. The van der Waals surface area contributed by atoms with Gasteiger partial charge in [0.05, 0.1) is 0 Å². The van der Waals surface area contributed by atoms with Crippen LogP contribution in [0.15, 0.2) is 17.1 Å². The van der Waals surface area contributed by atoms with Gasteiger partial charge in [0.25, 0.3) is 0 Å². The second kappa shape index (κ2) is 12.0. The number of ether oxygens (including phenoxy) is 1. The van der Waals surface area contributed by atoms with Crippen molar-refractivity contribution in [1.82, 2.24) is 9.55 Å². The molecule has 2 rings (SSSR count). The van der Waals surface area contributed by atoms with E-state index in [4.69, 9.17) is 10.5 Å². The summed E-state index contributed by atoms with van der Waals surface area (Å²) in [5, 5.41) is 34.6. The molecule has 11 heteroatoms. The van der Waals surface area contributed by atoms with Gasteiger partial charge < -0.3 is 25.8 Å². The van der Waals surface area contributed by atoms with Crippen LogP contribution < -0.4 is 11.4 Å². The third-order valence-electron chi connectivity index (χ3n) is 6.49. The number of nitrogen functional groups attached to an aromatic ring is 1. The van der Waals surface area contributed by atoms with E-state index in [9.17, 15) is 34.5 Å². The van der Waals surface area contributed by atoms with E-state index in [0.29, 0.717) is 38.5 Å². The van der Waals surface area contributed by atoms with Gasteiger partial charge in [-0.05, 0) is 25.3 Å². The lowest BCUT2D eigenvalue weighted by Crippen LogP contribution is -2.69. The van der Waals surface area contributed by atoms with Gasteiger partial charge in [0.15, 0.2) is 29.2 Å². The Morgan fingerprint density at radius 3 is 2.06 bits per heavy atom. The molecule has 0 saturated carbocycles. The zero-order valence-corrected chi connectivity index (χ0v) is 20.6. The van der Waals surface area contributed by atoms with Gasteiger partial charge in [0, 0.05) is 25.5 Å². The summed E-state index contributed by atoms with van der Waals surface area (Å²) in [7, 11) is 0. The zero-order valence-electron chi connectivity index (χ0n) is 20.6. The molecule has 5 N–H and O–H groups in total. The number of rotatable bonds is 14. The molecule has 0 spiro atoms. The first-order valence-electron chi connectivity index (χ1n) is 12.2. The monoisotopic (exact) mass is 495 g/mol. The first-order chi connectivity index (χ1) is 16.5. The smallest absolute Gasteiger partial charge is 0.351 e. The minimum Gasteiger partial charge on any atom is -0.383 e. The van der Waals surface area contributed by atoms with Gasteiger partial charge in [-0.25, -0.2) is 4.79 Å². The van der Waals surface area contributed by atoms with Crippen molar-refractivity contribution in [1.29, 1.82) is 0 Å². The highest BCUT2D eigenvalue weighted by Crippen LogP contribution is 2.49. The maximum Gasteiger partial charge on any atom is 0.351 e. The number of carbonyl (C=O) groups excluding carboxylic acids is 3. The SMILES string of the molecule is CCCCC(=O)C(O)[C@H]1O[C@@H](n2ccc(N)nc2=O)[C@@](O)(C(=O)CCCC)[C@@]1(O)C(=O)CCCC. The van der Waals surface area contributed by atoms with Gasteiger partial charge in [-0.15, -0.1) is 0 Å². The molecule has 11 nitrogen and oxygen atoms in total. The standard InChI is InChI=1S/C24H37N3O8/c1-4-7-10-15(28)19(31)20-23(33,16(29)11-8-5-2)24(34,17(30)12-9-6-3)21(35-20)27-14-13-18(25)26-22(27)32/h13-14,19-21,31,33-34H,4-12H2,1-3H3,(H2,25,26,32)/t19?,20-,21-,23-,24+/m1/s1. The van der Waals surface area contributed by atoms with E-state index in [1.165, 1.54) is 6.07 Å². The molecule has 196 valence electrons. The summed E-state index contributed by atoms with van der Waals surface area (Å²) in [5.74, 6) is -2.76. The predicted molar refractivity (Wildman–Crippen MR) is 126 cm³/mol. The van der Waals surface area contributed by atoms with Crippen LogP contribution in [0.2, 0.25) is 0 Å². The van der Waals surface area contributed by atoms with Crippen LogP contribution in [0, 0.1) is 0 Å². The molecule has 1 aromatic heterocycles. The van der Waals surface area contributed by atoms with Crippen molar-refractivity contribution >= 4 is 23.2 Å². The maximum absolute atomic E-state index is 13.4. The number of aliphatic hydroxyl groups excluding tert-OH is 1. The molecule has 1 aliphatic heterocycles. The van der Waals surface area contributed by atoms with E-state index in [1.807, 2.05) is 20.8 Å². The lowest BCUT2D eigenvalue weighted by Gasteiger charge is -2.39. The molecule has 1 unspecified atom stereocenters. The molecular weight excluding hydrogens is 458 g/mol. The first kappa shape index (κ1) is 28.8. The molecule has 5 atom stereocenters. The number of ketones is 3. The van der Waals surface area contributed by atoms with E-state index >= 15 is 0 Å². The predicted octanol–water partition coefficient (Wildman–Crippen LogP) is 0.824. The number of aromatic nitrogens is 2. The number of unbranched alkanes of at least 4 members (excludes halogenated alkanes) is 3. The van der Waals surface area contributed by atoms with Gasteiger partial charge in [-0.1, -0.05) is 40.0 Å². The Hall–Kier alpha value is -2.47. The van der Waals surface area contributed by atoms with Gasteiger partial charge in [-0.3, -0.25) is 19.0 Å². The number of hydrogen-bond acceptors (Lipinski definition) is 10. The summed E-state index contributed by atoms with van der Waals surface area (Å²) in [5.41, 5.74) is -1.41. The summed E-state index contributed by atoms with van der Waals surface area (Å²) in [6.07, 6.45) is -2.50. The van der Waals surface area contributed by atoms with E-state index in [1.54, 1.807) is 0 Å². The molecule has 1 aliphatic rings. The Balaban J connectivity index is 2.74. The summed E-state index contributed by atoms with van der Waals surface area (Å²) in [6, 6.07) is 1.22. The highest BCUT2D eigenvalue weighted by atomic mass is 16.6. The fourth-order valence-corrected chi connectivity index (χ4v) is 4.36. The van der Waals surface area contributed by atoms with Gasteiger partial charge in [0.2, 0.25) is 5.60 Å². The number of anilines is 1. The summed E-state index contributed by atoms with van der Waals surface area (Å²) >= 11 is 0. The third-order valence-corrected chi connectivity index (χ3v) is 6.49. The molecule has 0 radical (unpaired) electrons. The molecule has 0 amide bonds. The average Bonchev–Trinajstić information content (AvgIpc) is 3.07. The molecule has 1 fully saturated rings. The quantitative estimate of drug-likeness (QED) is 0.288. The molecular formula is C24H37N3O8. The van der Waals surface area contributed by atoms with Crippen molar-refractivity contribution in [2.45, 2.75) is 108 Å². The average molecular weight is 496 g/mol. The molecule has 2 heterocycles. The minimum atomic E-state index is -2.99. The third kappa shape index (κ3) is 5.37. The van der Waals surface area contributed by atoms with Crippen LogP contribution in [0.4, 0.5) is 5.82 Å². The lowest BCUT2D eigenvalue weighted by molar-refractivity contribution is -0.187. The van der Waals surface area contributed by atoms with Crippen LogP contribution in [0.5, 0.6) is 0 Å². The van der Waals surface area contributed by atoms with E-state index in [-0.39, 0.29) is 25.1 Å². The number of aliphatic hydroxyl groups is 3. The number of carbonyl (C=O) groups is 3. The van der Waals surface area contributed by atoms with Gasteiger partial charge in [-0.2, -0.15) is 4.98 Å². The van der Waals surface area contributed by atoms with E-state index in [0.717, 1.165) is 10.8 Å². The Bertz CT molecular complexity index is 980. The molecule has 35 heavy (non-hydrogen) atoms. The van der Waals surface area contributed by atoms with Crippen LogP contribution in [0.1, 0.15) is 84.8 Å². The number of nitrogens with zero attached hydrogens (tertiary/aromatic N) is 2. The van der Waals surface area contributed by atoms with Crippen molar-refractivity contribution in [2.75, 3.05) is 5.73 Å². The van der Waals surface area contributed by atoms with Crippen LogP contribution >= 0.6 is 0 Å². The minimum absolute atomic E-state index is 0.0625. The Labute approximate surface area is 204 Å². The Morgan fingerprint density at radius 1 is 1.03 bits per heavy atom. The number of Topliss-reactive ketones (excluding diaryl/α,β-unsaturated/α-hetero) is 3. The molecule has 1 aromatic rings. The van der Waals surface area contributed by atoms with E-state index < -0.39 is 52.7 Å². The normalized spacial score (nSPS) is 27.0.